The Hall–Kier alpha value is -2.60. The number of carboxylic acid groups (broad SMARTS) is 1. The molecular formula is C20H26N4O2. The van der Waals surface area contributed by atoms with E-state index in [9.17, 15) is 4.79 Å². The van der Waals surface area contributed by atoms with E-state index < -0.39 is 5.97 Å². The molecule has 2 aromatic rings. The summed E-state index contributed by atoms with van der Waals surface area (Å²) in [4.78, 5) is 19.9. The number of nitrogens with one attached hydrogen (secondary N) is 1. The fraction of sp³-hybridized carbons (Fsp3) is 0.400. The minimum atomic E-state index is -0.997. The van der Waals surface area contributed by atoms with Gasteiger partial charge in [-0.1, -0.05) is 24.3 Å². The predicted octanol–water partition coefficient (Wildman–Crippen LogP) is 2.79. The van der Waals surface area contributed by atoms with Gasteiger partial charge in [-0.15, -0.1) is 0 Å². The molecule has 0 bridgehead atoms. The number of rotatable bonds is 8. The van der Waals surface area contributed by atoms with Gasteiger partial charge in [-0.25, -0.2) is 9.78 Å². The van der Waals surface area contributed by atoms with Crippen LogP contribution in [0.3, 0.4) is 0 Å². The van der Waals surface area contributed by atoms with Crippen molar-refractivity contribution in [2.24, 2.45) is 0 Å². The second-order valence-electron chi connectivity index (χ2n) is 6.51. The van der Waals surface area contributed by atoms with Crippen LogP contribution >= 0.6 is 0 Å². The van der Waals surface area contributed by atoms with E-state index in [-0.39, 0.29) is 5.69 Å². The zero-order valence-electron chi connectivity index (χ0n) is 15.0. The number of benzene rings is 1. The van der Waals surface area contributed by atoms with E-state index in [0.29, 0.717) is 5.82 Å². The first-order chi connectivity index (χ1) is 12.7. The molecule has 1 saturated heterocycles. The molecule has 6 nitrogen and oxygen atoms in total. The molecule has 0 atom stereocenters. The molecule has 0 spiro atoms. The van der Waals surface area contributed by atoms with Gasteiger partial charge in [-0.2, -0.15) is 0 Å². The van der Waals surface area contributed by atoms with Gasteiger partial charge in [0.2, 0.25) is 0 Å². The largest absolute Gasteiger partial charge is 0.477 e. The van der Waals surface area contributed by atoms with Crippen LogP contribution in [-0.4, -0.2) is 60.2 Å². The smallest absolute Gasteiger partial charge is 0.354 e. The lowest BCUT2D eigenvalue weighted by molar-refractivity contribution is 0.0690. The average molecular weight is 354 g/mol. The third-order valence-electron chi connectivity index (χ3n) is 4.67. The zero-order chi connectivity index (χ0) is 18.2. The number of nitrogens with zero attached hydrogens (tertiary/aromatic N) is 3. The molecule has 6 heteroatoms. The summed E-state index contributed by atoms with van der Waals surface area (Å²) < 4.78 is 0. The van der Waals surface area contributed by atoms with Gasteiger partial charge in [0.1, 0.15) is 5.82 Å². The summed E-state index contributed by atoms with van der Waals surface area (Å²) in [6.07, 6.45) is 2.16. The third kappa shape index (κ3) is 5.20. The Labute approximate surface area is 154 Å². The van der Waals surface area contributed by atoms with Gasteiger partial charge < -0.3 is 15.3 Å². The summed E-state index contributed by atoms with van der Waals surface area (Å²) in [6, 6.07) is 15.6. The molecule has 2 heterocycles. The fourth-order valence-electron chi connectivity index (χ4n) is 3.20. The lowest BCUT2D eigenvalue weighted by atomic mass is 10.2. The second kappa shape index (κ2) is 9.20. The summed E-state index contributed by atoms with van der Waals surface area (Å²) >= 11 is 0. The number of pyridine rings is 1. The van der Waals surface area contributed by atoms with Crippen molar-refractivity contribution in [3.05, 3.63) is 54.2 Å². The van der Waals surface area contributed by atoms with Crippen molar-refractivity contribution in [2.75, 3.05) is 49.5 Å². The van der Waals surface area contributed by atoms with Crippen molar-refractivity contribution in [3.8, 4) is 0 Å². The van der Waals surface area contributed by atoms with E-state index in [1.807, 2.05) is 0 Å². The van der Waals surface area contributed by atoms with Gasteiger partial charge >= 0.3 is 5.97 Å². The summed E-state index contributed by atoms with van der Waals surface area (Å²) in [6.45, 7) is 6.27. The Bertz CT molecular complexity index is 700. The molecule has 1 fully saturated rings. The molecule has 0 aliphatic carbocycles. The molecule has 1 aromatic carbocycles. The summed E-state index contributed by atoms with van der Waals surface area (Å²) in [7, 11) is 0. The molecule has 0 radical (unpaired) electrons. The molecule has 3 rings (SSSR count). The number of hydrogen-bond donors (Lipinski definition) is 2. The monoisotopic (exact) mass is 354 g/mol. The summed E-state index contributed by atoms with van der Waals surface area (Å²) in [5.74, 6) is -0.371. The minimum Gasteiger partial charge on any atom is -0.477 e. The van der Waals surface area contributed by atoms with Gasteiger partial charge in [-0.05, 0) is 43.7 Å². The van der Waals surface area contributed by atoms with Gasteiger partial charge in [0.05, 0.1) is 0 Å². The maximum Gasteiger partial charge on any atom is 0.354 e. The van der Waals surface area contributed by atoms with Crippen molar-refractivity contribution < 1.29 is 9.90 Å². The van der Waals surface area contributed by atoms with Crippen LogP contribution in [0.15, 0.2) is 48.5 Å². The van der Waals surface area contributed by atoms with Gasteiger partial charge in [0.15, 0.2) is 5.69 Å². The number of para-hydroxylation sites is 1. The molecular weight excluding hydrogens is 328 g/mol. The Morgan fingerprint density at radius 3 is 2.50 bits per heavy atom. The molecule has 1 aromatic heterocycles. The first-order valence-corrected chi connectivity index (χ1v) is 9.19. The third-order valence-corrected chi connectivity index (χ3v) is 4.67. The maximum atomic E-state index is 10.9. The number of unbranched alkanes of at least 4 members (excludes halogenated alkanes) is 1. The van der Waals surface area contributed by atoms with E-state index in [2.05, 4.69) is 50.4 Å². The second-order valence-corrected chi connectivity index (χ2v) is 6.51. The van der Waals surface area contributed by atoms with E-state index >= 15 is 0 Å². The molecule has 1 aliphatic rings. The number of aromatic nitrogens is 1. The first-order valence-electron chi connectivity index (χ1n) is 9.19. The van der Waals surface area contributed by atoms with Crippen molar-refractivity contribution >= 4 is 17.5 Å². The van der Waals surface area contributed by atoms with Crippen molar-refractivity contribution in [2.45, 2.75) is 12.8 Å². The van der Waals surface area contributed by atoms with Crippen LogP contribution in [0, 0.1) is 0 Å². The van der Waals surface area contributed by atoms with Crippen LogP contribution < -0.4 is 10.2 Å². The Morgan fingerprint density at radius 2 is 1.77 bits per heavy atom. The van der Waals surface area contributed by atoms with Crippen molar-refractivity contribution in [1.82, 2.24) is 9.88 Å². The number of carbonyl (C=O) groups is 1. The topological polar surface area (TPSA) is 68.7 Å². The van der Waals surface area contributed by atoms with Crippen LogP contribution in [0.25, 0.3) is 0 Å². The predicted molar refractivity (Wildman–Crippen MR) is 104 cm³/mol. The lowest BCUT2D eigenvalue weighted by Gasteiger charge is -2.36. The SMILES string of the molecule is O=C(O)c1cccc(NCCCCN2CCN(c3ccccc3)CC2)n1. The quantitative estimate of drug-likeness (QED) is 0.711. The van der Waals surface area contributed by atoms with E-state index in [1.165, 1.54) is 11.8 Å². The Kier molecular flexibility index (Phi) is 6.44. The van der Waals surface area contributed by atoms with E-state index in [1.54, 1.807) is 12.1 Å². The highest BCUT2D eigenvalue weighted by atomic mass is 16.4. The van der Waals surface area contributed by atoms with Gasteiger partial charge in [-0.3, -0.25) is 4.90 Å². The van der Waals surface area contributed by atoms with Crippen LogP contribution in [0.4, 0.5) is 11.5 Å². The molecule has 138 valence electrons. The molecule has 0 saturated carbocycles. The van der Waals surface area contributed by atoms with Gasteiger partial charge in [0.25, 0.3) is 0 Å². The van der Waals surface area contributed by atoms with Gasteiger partial charge in [0, 0.05) is 38.4 Å². The standard InChI is InChI=1S/C20H26N4O2/c25-20(26)18-9-6-10-19(22-18)21-11-4-5-12-23-13-15-24(16-14-23)17-7-2-1-3-8-17/h1-3,6-10H,4-5,11-16H2,(H,21,22)(H,25,26). The normalized spacial score (nSPS) is 15.0. The fourth-order valence-corrected chi connectivity index (χ4v) is 3.20. The van der Waals surface area contributed by atoms with Crippen LogP contribution in [-0.2, 0) is 0 Å². The highest BCUT2D eigenvalue weighted by molar-refractivity contribution is 5.85. The summed E-state index contributed by atoms with van der Waals surface area (Å²) in [5.41, 5.74) is 1.39. The average Bonchev–Trinajstić information content (AvgIpc) is 2.69. The van der Waals surface area contributed by atoms with E-state index in [0.717, 1.165) is 52.1 Å². The van der Waals surface area contributed by atoms with Crippen molar-refractivity contribution in [3.63, 3.8) is 0 Å². The number of hydrogen-bond acceptors (Lipinski definition) is 5. The van der Waals surface area contributed by atoms with E-state index in [4.69, 9.17) is 5.11 Å². The Balaban J connectivity index is 1.31. The lowest BCUT2D eigenvalue weighted by Crippen LogP contribution is -2.46. The molecule has 0 unspecified atom stereocenters. The van der Waals surface area contributed by atoms with Crippen LogP contribution in [0.1, 0.15) is 23.3 Å². The molecule has 2 N–H and O–H groups in total. The Morgan fingerprint density at radius 1 is 1.00 bits per heavy atom. The van der Waals surface area contributed by atoms with Crippen molar-refractivity contribution in [1.29, 1.82) is 0 Å². The van der Waals surface area contributed by atoms with Crippen LogP contribution in [0.5, 0.6) is 0 Å². The molecule has 26 heavy (non-hydrogen) atoms. The highest BCUT2D eigenvalue weighted by Gasteiger charge is 2.16. The maximum absolute atomic E-state index is 10.9. The molecule has 1 aliphatic heterocycles. The number of carboxylic acids is 1. The summed E-state index contributed by atoms with van der Waals surface area (Å²) in [5, 5.41) is 12.2. The minimum absolute atomic E-state index is 0.0753. The first kappa shape index (κ1) is 18.2. The molecule has 0 amide bonds. The van der Waals surface area contributed by atoms with Crippen LogP contribution in [0.2, 0.25) is 0 Å². The highest BCUT2D eigenvalue weighted by Crippen LogP contribution is 2.15. The number of aromatic carboxylic acids is 1. The number of piperazine rings is 1. The zero-order valence-corrected chi connectivity index (χ0v) is 15.0. The number of anilines is 2.